The summed E-state index contributed by atoms with van der Waals surface area (Å²) >= 11 is 0. The predicted molar refractivity (Wildman–Crippen MR) is 129 cm³/mol. The highest BCUT2D eigenvalue weighted by molar-refractivity contribution is 7.92. The van der Waals surface area contributed by atoms with Crippen molar-refractivity contribution in [2.24, 2.45) is 0 Å². The second-order valence-corrected chi connectivity index (χ2v) is 9.79. The van der Waals surface area contributed by atoms with E-state index in [1.54, 1.807) is 48.5 Å². The number of rotatable bonds is 17. The number of ether oxygens (including phenoxy) is 1. The quantitative estimate of drug-likeness (QED) is 0.259. The van der Waals surface area contributed by atoms with Crippen molar-refractivity contribution in [3.05, 3.63) is 54.6 Å². The first kappa shape index (κ1) is 25.3. The largest absolute Gasteiger partial charge is 0.494 e. The Labute approximate surface area is 189 Å². The highest BCUT2D eigenvalue weighted by atomic mass is 32.2. The van der Waals surface area contributed by atoms with Gasteiger partial charge in [-0.25, -0.2) is 8.42 Å². The summed E-state index contributed by atoms with van der Waals surface area (Å²) in [6.07, 6.45) is 15.8. The third-order valence-corrected chi connectivity index (χ3v) is 6.77. The van der Waals surface area contributed by atoms with Crippen LogP contribution >= 0.6 is 0 Å². The van der Waals surface area contributed by atoms with Gasteiger partial charge in [0, 0.05) is 5.69 Å². The van der Waals surface area contributed by atoms with Gasteiger partial charge in [0.05, 0.1) is 11.5 Å². The van der Waals surface area contributed by atoms with E-state index in [2.05, 4.69) is 17.7 Å². The van der Waals surface area contributed by atoms with Gasteiger partial charge in [-0.05, 0) is 48.9 Å². The molecule has 31 heavy (non-hydrogen) atoms. The van der Waals surface area contributed by atoms with Gasteiger partial charge in [0.2, 0.25) is 0 Å². The molecule has 171 valence electrons. The Kier molecular flexibility index (Phi) is 12.1. The zero-order valence-corrected chi connectivity index (χ0v) is 19.8. The second-order valence-electron chi connectivity index (χ2n) is 8.10. The molecule has 0 fully saturated rings. The summed E-state index contributed by atoms with van der Waals surface area (Å²) in [5.41, 5.74) is 0.519. The summed E-state index contributed by atoms with van der Waals surface area (Å²) in [6, 6.07) is 16.1. The molecule has 4 nitrogen and oxygen atoms in total. The number of sulfonamides is 1. The number of nitrogens with one attached hydrogen (secondary N) is 1. The molecule has 1 N–H and O–H groups in total. The Bertz CT molecular complexity index is 804. The van der Waals surface area contributed by atoms with Gasteiger partial charge in [0.15, 0.2) is 0 Å². The molecule has 2 aromatic rings. The molecule has 0 unspecified atom stereocenters. The van der Waals surface area contributed by atoms with Crippen LogP contribution in [0.5, 0.6) is 5.75 Å². The summed E-state index contributed by atoms with van der Waals surface area (Å²) in [4.78, 5) is 0.220. The van der Waals surface area contributed by atoms with E-state index in [-0.39, 0.29) is 4.90 Å². The monoisotopic (exact) mass is 444 g/mol. The molecular weight excluding hydrogens is 406 g/mol. The van der Waals surface area contributed by atoms with Crippen LogP contribution in [0.3, 0.4) is 0 Å². The van der Waals surface area contributed by atoms with Gasteiger partial charge in [0.25, 0.3) is 10.0 Å². The van der Waals surface area contributed by atoms with Gasteiger partial charge in [0.1, 0.15) is 5.75 Å². The van der Waals surface area contributed by atoms with E-state index >= 15 is 0 Å². The third-order valence-electron chi connectivity index (χ3n) is 5.37. The molecule has 0 saturated carbocycles. The molecule has 0 heterocycles. The summed E-state index contributed by atoms with van der Waals surface area (Å²) in [7, 11) is -3.60. The van der Waals surface area contributed by atoms with Crippen molar-refractivity contribution in [2.45, 2.75) is 88.9 Å². The molecule has 0 aromatic heterocycles. The molecule has 0 aliphatic carbocycles. The Hall–Kier alpha value is -2.01. The number of benzene rings is 2. The number of anilines is 1. The average molecular weight is 445 g/mol. The summed E-state index contributed by atoms with van der Waals surface area (Å²) in [6.45, 7) is 2.93. The van der Waals surface area contributed by atoms with Gasteiger partial charge in [-0.2, -0.15) is 0 Å². The van der Waals surface area contributed by atoms with Crippen molar-refractivity contribution in [1.82, 2.24) is 0 Å². The number of unbranched alkanes of at least 4 members (excludes halogenated alkanes) is 11. The zero-order valence-electron chi connectivity index (χ0n) is 18.9. The maximum atomic E-state index is 12.4. The van der Waals surface area contributed by atoms with E-state index in [9.17, 15) is 8.42 Å². The van der Waals surface area contributed by atoms with Crippen molar-refractivity contribution < 1.29 is 13.2 Å². The van der Waals surface area contributed by atoms with Gasteiger partial charge >= 0.3 is 0 Å². The molecule has 2 rings (SSSR count). The van der Waals surface area contributed by atoms with Crippen LogP contribution in [0.4, 0.5) is 5.69 Å². The van der Waals surface area contributed by atoms with Gasteiger partial charge in [-0.1, -0.05) is 89.7 Å². The first-order valence-corrected chi connectivity index (χ1v) is 13.3. The van der Waals surface area contributed by atoms with Crippen LogP contribution in [0.2, 0.25) is 0 Å². The molecule has 0 aliphatic heterocycles. The van der Waals surface area contributed by atoms with Crippen molar-refractivity contribution in [1.29, 1.82) is 0 Å². The molecule has 0 atom stereocenters. The fraction of sp³-hybridized carbons (Fsp3) is 0.538. The van der Waals surface area contributed by atoms with E-state index in [0.717, 1.165) is 6.42 Å². The normalized spacial score (nSPS) is 11.4. The van der Waals surface area contributed by atoms with Gasteiger partial charge in [-0.3, -0.25) is 4.72 Å². The van der Waals surface area contributed by atoms with E-state index in [4.69, 9.17) is 4.74 Å². The minimum absolute atomic E-state index is 0.220. The first-order valence-electron chi connectivity index (χ1n) is 11.8. The molecule has 2 aromatic carbocycles. The summed E-state index contributed by atoms with van der Waals surface area (Å²) < 4.78 is 33.2. The van der Waals surface area contributed by atoms with E-state index in [0.29, 0.717) is 18.0 Å². The fourth-order valence-electron chi connectivity index (χ4n) is 3.52. The van der Waals surface area contributed by atoms with Crippen LogP contribution in [0.15, 0.2) is 53.4 Å². The minimum atomic E-state index is -3.60. The second kappa shape index (κ2) is 14.9. The molecule has 5 heteroatoms. The van der Waals surface area contributed by atoms with Crippen molar-refractivity contribution in [3.8, 4) is 5.75 Å². The standard InChI is InChI=1S/C26H38NO3S/c1-2-3-4-5-6-7-8-9-10-11-12-16-23-30-25-19-21-26(22-20-25)31(28,29)27-24-17-14-13-15-18-24/h14-15,17-22,27H,2-12,16,23H2,1H3. The van der Waals surface area contributed by atoms with E-state index < -0.39 is 10.0 Å². The topological polar surface area (TPSA) is 55.4 Å². The Morgan fingerprint density at radius 1 is 0.742 bits per heavy atom. The zero-order chi connectivity index (χ0) is 22.2. The van der Waals surface area contributed by atoms with Crippen molar-refractivity contribution >= 4 is 15.7 Å². The smallest absolute Gasteiger partial charge is 0.261 e. The fourth-order valence-corrected chi connectivity index (χ4v) is 4.58. The van der Waals surface area contributed by atoms with Crippen LogP contribution in [-0.4, -0.2) is 15.0 Å². The first-order chi connectivity index (χ1) is 15.1. The van der Waals surface area contributed by atoms with E-state index in [1.807, 2.05) is 0 Å². The Morgan fingerprint density at radius 3 is 1.81 bits per heavy atom. The maximum absolute atomic E-state index is 12.4. The van der Waals surface area contributed by atoms with Crippen molar-refractivity contribution in [2.75, 3.05) is 11.3 Å². The average Bonchev–Trinajstić information content (AvgIpc) is 2.78. The Balaban J connectivity index is 1.54. The molecule has 1 radical (unpaired) electrons. The Morgan fingerprint density at radius 2 is 1.26 bits per heavy atom. The van der Waals surface area contributed by atoms with Crippen LogP contribution in [0.25, 0.3) is 0 Å². The SMILES string of the molecule is CCCCCCCCCCCCCCOc1ccc(S(=O)(=O)Nc2cc[c]cc2)cc1. The molecule has 0 spiro atoms. The number of hydrogen-bond donors (Lipinski definition) is 1. The number of hydrogen-bond acceptors (Lipinski definition) is 3. The maximum Gasteiger partial charge on any atom is 0.261 e. The van der Waals surface area contributed by atoms with Crippen LogP contribution in [-0.2, 0) is 10.0 Å². The van der Waals surface area contributed by atoms with Gasteiger partial charge in [-0.15, -0.1) is 0 Å². The van der Waals surface area contributed by atoms with Gasteiger partial charge < -0.3 is 4.74 Å². The van der Waals surface area contributed by atoms with Crippen LogP contribution in [0, 0.1) is 6.07 Å². The molecular formula is C26H38NO3S. The summed E-state index contributed by atoms with van der Waals surface area (Å²) in [5, 5.41) is 0. The van der Waals surface area contributed by atoms with Crippen LogP contribution in [0.1, 0.15) is 84.0 Å². The molecule has 0 saturated heterocycles. The lowest BCUT2D eigenvalue weighted by Crippen LogP contribution is -2.12. The molecule has 0 amide bonds. The lowest BCUT2D eigenvalue weighted by molar-refractivity contribution is 0.304. The highest BCUT2D eigenvalue weighted by Crippen LogP contribution is 2.19. The lowest BCUT2D eigenvalue weighted by atomic mass is 10.1. The highest BCUT2D eigenvalue weighted by Gasteiger charge is 2.13. The van der Waals surface area contributed by atoms with Crippen LogP contribution < -0.4 is 9.46 Å². The van der Waals surface area contributed by atoms with Crippen molar-refractivity contribution in [3.63, 3.8) is 0 Å². The minimum Gasteiger partial charge on any atom is -0.494 e. The summed E-state index contributed by atoms with van der Waals surface area (Å²) in [5.74, 6) is 0.705. The lowest BCUT2D eigenvalue weighted by Gasteiger charge is -2.10. The molecule has 0 bridgehead atoms. The van der Waals surface area contributed by atoms with E-state index in [1.165, 1.54) is 70.6 Å². The molecule has 0 aliphatic rings. The predicted octanol–water partition coefficient (Wildman–Crippen LogP) is 7.37. The third kappa shape index (κ3) is 10.7.